The van der Waals surface area contributed by atoms with Crippen LogP contribution in [0.3, 0.4) is 0 Å². The van der Waals surface area contributed by atoms with Gasteiger partial charge in [-0.05, 0) is 60.6 Å². The summed E-state index contributed by atoms with van der Waals surface area (Å²) in [4.78, 5) is 17.6. The third kappa shape index (κ3) is 5.54. The van der Waals surface area contributed by atoms with Crippen molar-refractivity contribution in [1.82, 2.24) is 9.88 Å². The molecule has 0 bridgehead atoms. The summed E-state index contributed by atoms with van der Waals surface area (Å²) in [5.74, 6) is -1.46. The van der Waals surface area contributed by atoms with Gasteiger partial charge in [-0.3, -0.25) is 9.69 Å². The maximum Gasteiger partial charge on any atom is 0.309 e. The van der Waals surface area contributed by atoms with Gasteiger partial charge in [0, 0.05) is 38.4 Å². The molecule has 2 N–H and O–H groups in total. The maximum atomic E-state index is 15.0. The normalized spacial score (nSPS) is 19.6. The van der Waals surface area contributed by atoms with Crippen molar-refractivity contribution in [2.75, 3.05) is 27.3 Å². The molecule has 3 heterocycles. The Hall–Kier alpha value is -3.53. The van der Waals surface area contributed by atoms with E-state index in [9.17, 15) is 19.4 Å². The molecule has 2 aliphatic rings. The lowest BCUT2D eigenvalue weighted by molar-refractivity contribution is -0.145. The SMILES string of the molecule is COc1cc(-c2ccc(C3CCc4ccc([C@H](O)[C@H](C)C(=O)O)cc4O3)cc2CN2CC(C)(OC)C2)c(F)cn1. The van der Waals surface area contributed by atoms with Crippen molar-refractivity contribution in [1.29, 1.82) is 0 Å². The number of ether oxygens (including phenoxy) is 3. The Labute approximate surface area is 233 Å². The lowest BCUT2D eigenvalue weighted by Gasteiger charge is -2.47. The zero-order valence-corrected chi connectivity index (χ0v) is 23.2. The van der Waals surface area contributed by atoms with Crippen molar-refractivity contribution in [3.63, 3.8) is 0 Å². The highest BCUT2D eigenvalue weighted by atomic mass is 19.1. The number of aliphatic carboxylic acids is 1. The molecule has 1 aromatic heterocycles. The van der Waals surface area contributed by atoms with Crippen molar-refractivity contribution in [3.8, 4) is 22.8 Å². The van der Waals surface area contributed by atoms with E-state index in [0.717, 1.165) is 48.2 Å². The minimum absolute atomic E-state index is 0.195. The molecule has 2 aromatic carbocycles. The molecular formula is C31H35FN2O6. The average Bonchev–Trinajstić information content (AvgIpc) is 2.95. The van der Waals surface area contributed by atoms with Crippen LogP contribution >= 0.6 is 0 Å². The van der Waals surface area contributed by atoms with Crippen LogP contribution in [0.2, 0.25) is 0 Å². The summed E-state index contributed by atoms with van der Waals surface area (Å²) in [5, 5.41) is 19.9. The number of nitrogens with zero attached hydrogens (tertiary/aromatic N) is 2. The van der Waals surface area contributed by atoms with Crippen LogP contribution in [0, 0.1) is 11.7 Å². The molecule has 9 heteroatoms. The third-order valence-electron chi connectivity index (χ3n) is 8.07. The molecule has 40 heavy (non-hydrogen) atoms. The summed E-state index contributed by atoms with van der Waals surface area (Å²) in [7, 11) is 3.22. The highest BCUT2D eigenvalue weighted by Crippen LogP contribution is 2.40. The van der Waals surface area contributed by atoms with E-state index in [1.54, 1.807) is 25.3 Å². The van der Waals surface area contributed by atoms with E-state index in [-0.39, 0.29) is 11.7 Å². The summed E-state index contributed by atoms with van der Waals surface area (Å²) >= 11 is 0. The van der Waals surface area contributed by atoms with Crippen LogP contribution in [-0.4, -0.2) is 59.0 Å². The summed E-state index contributed by atoms with van der Waals surface area (Å²) < 4.78 is 32.3. The molecule has 3 atom stereocenters. The number of carboxylic acid groups (broad SMARTS) is 1. The summed E-state index contributed by atoms with van der Waals surface area (Å²) in [6.45, 7) is 5.70. The first-order valence-corrected chi connectivity index (χ1v) is 13.4. The van der Waals surface area contributed by atoms with Gasteiger partial charge in [-0.2, -0.15) is 0 Å². The van der Waals surface area contributed by atoms with Gasteiger partial charge in [0.15, 0.2) is 0 Å². The molecule has 5 rings (SSSR count). The highest BCUT2D eigenvalue weighted by molar-refractivity contribution is 5.71. The number of aliphatic hydroxyl groups is 1. The van der Waals surface area contributed by atoms with Gasteiger partial charge in [0.2, 0.25) is 5.88 Å². The third-order valence-corrected chi connectivity index (χ3v) is 8.07. The molecule has 0 saturated carbocycles. The van der Waals surface area contributed by atoms with Gasteiger partial charge in [0.05, 0.1) is 30.9 Å². The van der Waals surface area contributed by atoms with Crippen molar-refractivity contribution >= 4 is 5.97 Å². The first-order chi connectivity index (χ1) is 19.1. The Morgan fingerprint density at radius 3 is 2.67 bits per heavy atom. The standard InChI is InChI=1S/C31H35FN2O6/c1-18(30(36)37)29(35)21-6-5-19-8-10-26(40-27(19)12-21)20-7-9-23(24-13-28(38-3)33-14-25(24)32)22(11-20)15-34-16-31(2,17-34)39-4/h5-7,9,11-14,18,26,29,35H,8,10,15-17H2,1-4H3,(H,36,37)/t18-,26?,29+/m0/s1. The number of methoxy groups -OCH3 is 2. The van der Waals surface area contributed by atoms with Gasteiger partial charge >= 0.3 is 5.97 Å². The Kier molecular flexibility index (Phi) is 7.81. The first-order valence-electron chi connectivity index (χ1n) is 13.4. The average molecular weight is 551 g/mol. The van der Waals surface area contributed by atoms with Gasteiger partial charge in [-0.15, -0.1) is 0 Å². The minimum atomic E-state index is -1.14. The van der Waals surface area contributed by atoms with Gasteiger partial charge in [0.1, 0.15) is 17.7 Å². The Balaban J connectivity index is 1.45. The molecule has 3 aromatic rings. The van der Waals surface area contributed by atoms with Crippen LogP contribution in [0.15, 0.2) is 48.7 Å². The topological polar surface area (TPSA) is 101 Å². The van der Waals surface area contributed by atoms with Crippen LogP contribution in [0.25, 0.3) is 11.1 Å². The molecule has 1 fully saturated rings. The van der Waals surface area contributed by atoms with Crippen LogP contribution in [0.5, 0.6) is 11.6 Å². The predicted molar refractivity (Wildman–Crippen MR) is 147 cm³/mol. The quantitative estimate of drug-likeness (QED) is 0.387. The fourth-order valence-corrected chi connectivity index (χ4v) is 5.56. The van der Waals surface area contributed by atoms with E-state index in [4.69, 9.17) is 14.2 Å². The fourth-order valence-electron chi connectivity index (χ4n) is 5.56. The number of carboxylic acids is 1. The number of rotatable bonds is 9. The van der Waals surface area contributed by atoms with Gasteiger partial charge in [-0.25, -0.2) is 9.37 Å². The molecule has 1 unspecified atom stereocenters. The summed E-state index contributed by atoms with van der Waals surface area (Å²) in [6, 6.07) is 13.0. The van der Waals surface area contributed by atoms with Gasteiger partial charge < -0.3 is 24.4 Å². The van der Waals surface area contributed by atoms with E-state index >= 15 is 0 Å². The van der Waals surface area contributed by atoms with Crippen LogP contribution in [0.4, 0.5) is 4.39 Å². The van der Waals surface area contributed by atoms with Crippen molar-refractivity contribution in [3.05, 3.63) is 76.7 Å². The Morgan fingerprint density at radius 2 is 1.98 bits per heavy atom. The number of aryl methyl sites for hydroxylation is 1. The number of carbonyl (C=O) groups is 1. The minimum Gasteiger partial charge on any atom is -0.485 e. The molecule has 0 amide bonds. The number of hydrogen-bond donors (Lipinski definition) is 2. The fraction of sp³-hybridized carbons (Fsp3) is 0.419. The second-order valence-electron chi connectivity index (χ2n) is 11.0. The van der Waals surface area contributed by atoms with E-state index in [2.05, 4.69) is 22.9 Å². The molecule has 0 aliphatic carbocycles. The number of halogens is 1. The van der Waals surface area contributed by atoms with E-state index in [1.165, 1.54) is 20.2 Å². The first kappa shape index (κ1) is 28.0. The second kappa shape index (κ2) is 11.2. The monoisotopic (exact) mass is 550 g/mol. The second-order valence-corrected chi connectivity index (χ2v) is 11.0. The maximum absolute atomic E-state index is 15.0. The van der Waals surface area contributed by atoms with Crippen LogP contribution in [0.1, 0.15) is 54.7 Å². The summed E-state index contributed by atoms with van der Waals surface area (Å²) in [5.41, 5.74) is 4.42. The van der Waals surface area contributed by atoms with Crippen molar-refractivity contribution in [2.45, 2.75) is 51.0 Å². The Bertz CT molecular complexity index is 1410. The number of fused-ring (bicyclic) bond motifs is 1. The number of likely N-dealkylation sites (tertiary alicyclic amines) is 1. The molecule has 8 nitrogen and oxygen atoms in total. The number of aromatic nitrogens is 1. The van der Waals surface area contributed by atoms with Crippen molar-refractivity contribution < 1.29 is 33.6 Å². The number of aliphatic hydroxyl groups excluding tert-OH is 1. The highest BCUT2D eigenvalue weighted by Gasteiger charge is 2.39. The predicted octanol–water partition coefficient (Wildman–Crippen LogP) is 4.94. The van der Waals surface area contributed by atoms with Crippen LogP contribution < -0.4 is 9.47 Å². The smallest absolute Gasteiger partial charge is 0.309 e. The summed E-state index contributed by atoms with van der Waals surface area (Å²) in [6.07, 6.45) is 1.32. The molecule has 0 radical (unpaired) electrons. The van der Waals surface area contributed by atoms with Gasteiger partial charge in [0.25, 0.3) is 0 Å². The number of pyridine rings is 1. The number of hydrogen-bond acceptors (Lipinski definition) is 7. The zero-order valence-electron chi connectivity index (χ0n) is 23.2. The molecule has 212 valence electrons. The Morgan fingerprint density at radius 1 is 1.20 bits per heavy atom. The lowest BCUT2D eigenvalue weighted by Crippen LogP contribution is -2.60. The van der Waals surface area contributed by atoms with E-state index in [1.807, 2.05) is 18.2 Å². The van der Waals surface area contributed by atoms with Gasteiger partial charge in [-0.1, -0.05) is 30.3 Å². The number of benzene rings is 2. The molecule has 1 saturated heterocycles. The van der Waals surface area contributed by atoms with E-state index < -0.39 is 23.8 Å². The molecule has 2 aliphatic heterocycles. The zero-order chi connectivity index (χ0) is 28.6. The molecule has 0 spiro atoms. The lowest BCUT2D eigenvalue weighted by atomic mass is 9.90. The van der Waals surface area contributed by atoms with Crippen LogP contribution in [-0.2, 0) is 22.5 Å². The largest absolute Gasteiger partial charge is 0.485 e. The van der Waals surface area contributed by atoms with E-state index in [0.29, 0.717) is 29.3 Å². The molecular weight excluding hydrogens is 515 g/mol. The van der Waals surface area contributed by atoms with Crippen molar-refractivity contribution in [2.24, 2.45) is 5.92 Å².